The van der Waals surface area contributed by atoms with Crippen molar-refractivity contribution in [1.82, 2.24) is 0 Å². The summed E-state index contributed by atoms with van der Waals surface area (Å²) in [6, 6.07) is 13.2. The number of benzene rings is 2. The van der Waals surface area contributed by atoms with Crippen LogP contribution in [0.1, 0.15) is 0 Å². The van der Waals surface area contributed by atoms with Gasteiger partial charge in [0.25, 0.3) is 5.69 Å². The fourth-order valence-electron chi connectivity index (χ4n) is 1.36. The summed E-state index contributed by atoms with van der Waals surface area (Å²) in [6.45, 7) is 0. The van der Waals surface area contributed by atoms with Crippen molar-refractivity contribution in [1.29, 1.82) is 0 Å². The molecule has 2 aromatic carbocycles. The van der Waals surface area contributed by atoms with Gasteiger partial charge in [-0.2, -0.15) is 0 Å². The zero-order valence-corrected chi connectivity index (χ0v) is 8.87. The van der Waals surface area contributed by atoms with Crippen molar-refractivity contribution < 1.29 is 9.66 Å². The first kappa shape index (κ1) is 10.9. The van der Waals surface area contributed by atoms with Crippen molar-refractivity contribution in [3.8, 4) is 11.5 Å². The molecule has 0 aliphatic heterocycles. The molecular weight excluding hydrogens is 220 g/mol. The first-order valence-corrected chi connectivity index (χ1v) is 4.93. The maximum Gasteiger partial charge on any atom is 0.271 e. The number of nitro groups is 1. The van der Waals surface area contributed by atoms with Gasteiger partial charge in [0.1, 0.15) is 5.75 Å². The number of nitrogen functional groups attached to an aromatic ring is 1. The molecule has 2 rings (SSSR count). The number of anilines is 1. The molecule has 0 radical (unpaired) electrons. The maximum absolute atomic E-state index is 10.5. The molecule has 0 aliphatic carbocycles. The topological polar surface area (TPSA) is 78.4 Å². The Hall–Kier alpha value is -2.56. The zero-order valence-electron chi connectivity index (χ0n) is 8.87. The highest BCUT2D eigenvalue weighted by Gasteiger charge is 2.09. The second-order valence-electron chi connectivity index (χ2n) is 3.39. The molecule has 0 atom stereocenters. The van der Waals surface area contributed by atoms with Crippen LogP contribution in [0.4, 0.5) is 11.4 Å². The summed E-state index contributed by atoms with van der Waals surface area (Å²) in [5, 5.41) is 10.5. The van der Waals surface area contributed by atoms with E-state index in [0.29, 0.717) is 11.5 Å². The molecule has 5 nitrogen and oxygen atoms in total. The predicted octanol–water partition coefficient (Wildman–Crippen LogP) is 2.97. The van der Waals surface area contributed by atoms with Crippen LogP contribution in [0.25, 0.3) is 0 Å². The molecule has 0 bridgehead atoms. The Kier molecular flexibility index (Phi) is 2.91. The van der Waals surface area contributed by atoms with Crippen LogP contribution in [-0.4, -0.2) is 4.92 Å². The molecule has 17 heavy (non-hydrogen) atoms. The minimum absolute atomic E-state index is 0.0529. The molecule has 0 aromatic heterocycles. The van der Waals surface area contributed by atoms with Crippen LogP contribution in [-0.2, 0) is 0 Å². The lowest BCUT2D eigenvalue weighted by Crippen LogP contribution is -1.94. The first-order valence-electron chi connectivity index (χ1n) is 4.93. The molecule has 0 amide bonds. The Balaban J connectivity index is 2.26. The van der Waals surface area contributed by atoms with E-state index in [1.165, 1.54) is 18.2 Å². The van der Waals surface area contributed by atoms with Gasteiger partial charge in [0.15, 0.2) is 5.75 Å². The molecule has 0 aliphatic rings. The number of nitrogens with zero attached hydrogens (tertiary/aromatic N) is 1. The molecule has 0 spiro atoms. The van der Waals surface area contributed by atoms with E-state index in [4.69, 9.17) is 10.5 Å². The Bertz CT molecular complexity index is 541. The summed E-state index contributed by atoms with van der Waals surface area (Å²) in [5.74, 6) is 1.04. The molecule has 0 unspecified atom stereocenters. The van der Waals surface area contributed by atoms with Gasteiger partial charge in [0.2, 0.25) is 0 Å². The maximum atomic E-state index is 10.5. The molecular formula is C12H10N2O3. The van der Waals surface area contributed by atoms with Crippen LogP contribution in [0.2, 0.25) is 0 Å². The molecule has 86 valence electrons. The van der Waals surface area contributed by atoms with E-state index in [1.807, 2.05) is 18.2 Å². The van der Waals surface area contributed by atoms with Crippen LogP contribution >= 0.6 is 0 Å². The van der Waals surface area contributed by atoms with Crippen LogP contribution in [0.3, 0.4) is 0 Å². The van der Waals surface area contributed by atoms with Crippen molar-refractivity contribution in [2.75, 3.05) is 5.73 Å². The minimum atomic E-state index is -0.497. The molecule has 2 N–H and O–H groups in total. The van der Waals surface area contributed by atoms with E-state index in [1.54, 1.807) is 12.1 Å². The van der Waals surface area contributed by atoms with E-state index < -0.39 is 4.92 Å². The van der Waals surface area contributed by atoms with Crippen molar-refractivity contribution in [3.05, 3.63) is 58.6 Å². The van der Waals surface area contributed by atoms with Crippen molar-refractivity contribution in [2.24, 2.45) is 0 Å². The average molecular weight is 230 g/mol. The van der Waals surface area contributed by atoms with Gasteiger partial charge in [-0.05, 0) is 18.2 Å². The summed E-state index contributed by atoms with van der Waals surface area (Å²) >= 11 is 0. The van der Waals surface area contributed by atoms with E-state index in [-0.39, 0.29) is 11.4 Å². The first-order chi connectivity index (χ1) is 8.16. The summed E-state index contributed by atoms with van der Waals surface area (Å²) in [6.07, 6.45) is 0. The Labute approximate surface area is 97.6 Å². The third kappa shape index (κ3) is 2.52. The number of para-hydroxylation sites is 1. The molecule has 0 saturated heterocycles. The zero-order chi connectivity index (χ0) is 12.3. The monoisotopic (exact) mass is 230 g/mol. The summed E-state index contributed by atoms with van der Waals surface area (Å²) in [7, 11) is 0. The lowest BCUT2D eigenvalue weighted by Gasteiger charge is -2.07. The molecule has 2 aromatic rings. The van der Waals surface area contributed by atoms with Gasteiger partial charge in [-0.25, -0.2) is 0 Å². The third-order valence-corrected chi connectivity index (χ3v) is 2.18. The highest BCUT2D eigenvalue weighted by molar-refractivity contribution is 5.59. The van der Waals surface area contributed by atoms with Gasteiger partial charge in [-0.1, -0.05) is 18.2 Å². The van der Waals surface area contributed by atoms with Crippen molar-refractivity contribution >= 4 is 11.4 Å². The third-order valence-electron chi connectivity index (χ3n) is 2.18. The number of ether oxygens (including phenoxy) is 1. The van der Waals surface area contributed by atoms with Crippen LogP contribution < -0.4 is 10.5 Å². The van der Waals surface area contributed by atoms with Gasteiger partial charge in [-0.3, -0.25) is 10.1 Å². The van der Waals surface area contributed by atoms with Crippen molar-refractivity contribution in [2.45, 2.75) is 0 Å². The second-order valence-corrected chi connectivity index (χ2v) is 3.39. The van der Waals surface area contributed by atoms with Gasteiger partial charge >= 0.3 is 0 Å². The largest absolute Gasteiger partial charge is 0.455 e. The molecule has 0 heterocycles. The van der Waals surface area contributed by atoms with E-state index in [0.717, 1.165) is 0 Å². The van der Waals surface area contributed by atoms with Gasteiger partial charge in [-0.15, -0.1) is 0 Å². The van der Waals surface area contributed by atoms with Gasteiger partial charge in [0.05, 0.1) is 10.6 Å². The van der Waals surface area contributed by atoms with Gasteiger partial charge in [0, 0.05) is 12.1 Å². The van der Waals surface area contributed by atoms with E-state index >= 15 is 0 Å². The highest BCUT2D eigenvalue weighted by atomic mass is 16.6. The molecule has 0 saturated carbocycles. The lowest BCUT2D eigenvalue weighted by molar-refractivity contribution is -0.384. The Morgan fingerprint density at radius 1 is 1.12 bits per heavy atom. The van der Waals surface area contributed by atoms with Crippen LogP contribution in [0.15, 0.2) is 48.5 Å². The number of nitrogens with two attached hydrogens (primary N) is 1. The number of rotatable bonds is 3. The smallest absolute Gasteiger partial charge is 0.271 e. The highest BCUT2D eigenvalue weighted by Crippen LogP contribution is 2.30. The standard InChI is InChI=1S/C12H10N2O3/c13-11-8-9(14(15)16)6-7-12(11)17-10-4-2-1-3-5-10/h1-8H,13H2. The van der Waals surface area contributed by atoms with Crippen LogP contribution in [0, 0.1) is 10.1 Å². The van der Waals surface area contributed by atoms with Gasteiger partial charge < -0.3 is 10.5 Å². The summed E-state index contributed by atoms with van der Waals surface area (Å²) in [5.41, 5.74) is 5.86. The normalized spacial score (nSPS) is 9.88. The van der Waals surface area contributed by atoms with Crippen LogP contribution in [0.5, 0.6) is 11.5 Å². The Morgan fingerprint density at radius 2 is 1.82 bits per heavy atom. The Morgan fingerprint density at radius 3 is 2.41 bits per heavy atom. The number of hydrogen-bond donors (Lipinski definition) is 1. The second kappa shape index (κ2) is 4.52. The number of hydrogen-bond acceptors (Lipinski definition) is 4. The molecule has 5 heteroatoms. The van der Waals surface area contributed by atoms with E-state index in [9.17, 15) is 10.1 Å². The molecule has 0 fully saturated rings. The number of non-ortho nitro benzene ring substituents is 1. The minimum Gasteiger partial charge on any atom is -0.455 e. The summed E-state index contributed by atoms with van der Waals surface area (Å²) < 4.78 is 5.50. The SMILES string of the molecule is Nc1cc([N+](=O)[O-])ccc1Oc1ccccc1. The quantitative estimate of drug-likeness (QED) is 0.499. The predicted molar refractivity (Wildman–Crippen MR) is 64.0 cm³/mol. The number of nitro benzene ring substituents is 1. The fourth-order valence-corrected chi connectivity index (χ4v) is 1.36. The summed E-state index contributed by atoms with van der Waals surface area (Å²) in [4.78, 5) is 10.0. The fraction of sp³-hybridized carbons (Fsp3) is 0. The van der Waals surface area contributed by atoms with E-state index in [2.05, 4.69) is 0 Å². The lowest BCUT2D eigenvalue weighted by atomic mass is 10.2. The average Bonchev–Trinajstić information content (AvgIpc) is 2.33. The van der Waals surface area contributed by atoms with Crippen molar-refractivity contribution in [3.63, 3.8) is 0 Å².